The molecule has 6 nitrogen and oxygen atoms in total. The van der Waals surface area contributed by atoms with Gasteiger partial charge in [-0.15, -0.1) is 0 Å². The van der Waals surface area contributed by atoms with Gasteiger partial charge < -0.3 is 19.9 Å². The third kappa shape index (κ3) is 7.42. The fraction of sp³-hybridized carbons (Fsp3) is 0.556. The lowest BCUT2D eigenvalue weighted by molar-refractivity contribution is -0.140. The van der Waals surface area contributed by atoms with E-state index in [1.54, 1.807) is 12.1 Å². The maximum absolute atomic E-state index is 12.0. The lowest BCUT2D eigenvalue weighted by Crippen LogP contribution is -2.47. The summed E-state index contributed by atoms with van der Waals surface area (Å²) < 4.78 is 4.65. The van der Waals surface area contributed by atoms with Gasteiger partial charge in [-0.2, -0.15) is 0 Å². The van der Waals surface area contributed by atoms with Crippen molar-refractivity contribution in [2.45, 2.75) is 19.3 Å². The molecule has 25 heavy (non-hydrogen) atoms. The van der Waals surface area contributed by atoms with E-state index in [-0.39, 0.29) is 11.9 Å². The SMILES string of the molecule is COC(=O)CCCN1CCN(CCC(=O)Nc2cccc(Cl)c2)CC1. The summed E-state index contributed by atoms with van der Waals surface area (Å²) in [6, 6.07) is 7.17. The first kappa shape index (κ1) is 19.7. The van der Waals surface area contributed by atoms with Gasteiger partial charge in [-0.25, -0.2) is 0 Å². The number of nitrogens with one attached hydrogen (secondary N) is 1. The Hall–Kier alpha value is -1.63. The van der Waals surface area contributed by atoms with Crippen LogP contribution in [-0.4, -0.2) is 68.1 Å². The van der Waals surface area contributed by atoms with Crippen LogP contribution < -0.4 is 5.32 Å². The van der Waals surface area contributed by atoms with Crippen molar-refractivity contribution in [2.24, 2.45) is 0 Å². The van der Waals surface area contributed by atoms with Crippen LogP contribution in [0, 0.1) is 0 Å². The van der Waals surface area contributed by atoms with Gasteiger partial charge in [0.05, 0.1) is 7.11 Å². The van der Waals surface area contributed by atoms with Crippen LogP contribution in [0.2, 0.25) is 5.02 Å². The highest BCUT2D eigenvalue weighted by molar-refractivity contribution is 6.30. The van der Waals surface area contributed by atoms with Crippen molar-refractivity contribution in [3.63, 3.8) is 0 Å². The Labute approximate surface area is 154 Å². The van der Waals surface area contributed by atoms with Crippen molar-refractivity contribution < 1.29 is 14.3 Å². The number of ether oxygens (including phenoxy) is 1. The van der Waals surface area contributed by atoms with Crippen LogP contribution in [-0.2, 0) is 14.3 Å². The van der Waals surface area contributed by atoms with Gasteiger partial charge >= 0.3 is 5.97 Å². The molecular formula is C18H26ClN3O3. The molecular weight excluding hydrogens is 342 g/mol. The van der Waals surface area contributed by atoms with Crippen molar-refractivity contribution in [1.82, 2.24) is 9.80 Å². The first-order valence-electron chi connectivity index (χ1n) is 8.64. The molecule has 0 aromatic heterocycles. The number of anilines is 1. The number of esters is 1. The number of hydrogen-bond acceptors (Lipinski definition) is 5. The van der Waals surface area contributed by atoms with Gasteiger partial charge in [0.2, 0.25) is 5.91 Å². The molecule has 0 bridgehead atoms. The van der Waals surface area contributed by atoms with E-state index in [0.717, 1.165) is 51.4 Å². The Bertz CT molecular complexity index is 574. The largest absolute Gasteiger partial charge is 0.469 e. The Balaban J connectivity index is 1.60. The number of nitrogens with zero attached hydrogens (tertiary/aromatic N) is 2. The van der Waals surface area contributed by atoms with Gasteiger partial charge in [0.15, 0.2) is 0 Å². The van der Waals surface area contributed by atoms with Crippen molar-refractivity contribution in [3.05, 3.63) is 29.3 Å². The topological polar surface area (TPSA) is 61.9 Å². The molecule has 1 N–H and O–H groups in total. The van der Waals surface area contributed by atoms with Crippen LogP contribution in [0.5, 0.6) is 0 Å². The van der Waals surface area contributed by atoms with Crippen LogP contribution in [0.4, 0.5) is 5.69 Å². The lowest BCUT2D eigenvalue weighted by Gasteiger charge is -2.34. The van der Waals surface area contributed by atoms with Gasteiger partial charge in [-0.1, -0.05) is 17.7 Å². The molecule has 1 heterocycles. The first-order chi connectivity index (χ1) is 12.1. The predicted octanol–water partition coefficient (Wildman–Crippen LogP) is 2.24. The number of rotatable bonds is 8. The number of carbonyl (C=O) groups is 2. The monoisotopic (exact) mass is 367 g/mol. The standard InChI is InChI=1S/C18H26ClN3O3/c1-25-18(24)6-3-8-21-10-12-22(13-11-21)9-7-17(23)20-16-5-2-4-15(19)14-16/h2,4-5,14H,3,6-13H2,1H3,(H,20,23). The van der Waals surface area contributed by atoms with Crippen molar-refractivity contribution in [3.8, 4) is 0 Å². The van der Waals surface area contributed by atoms with Gasteiger partial charge in [-0.05, 0) is 31.2 Å². The molecule has 0 spiro atoms. The van der Waals surface area contributed by atoms with Crippen LogP contribution >= 0.6 is 11.6 Å². The second kappa shape index (κ2) is 10.4. The molecule has 1 aliphatic rings. The predicted molar refractivity (Wildman–Crippen MR) is 98.8 cm³/mol. The molecule has 0 aliphatic carbocycles. The van der Waals surface area contributed by atoms with Gasteiger partial charge in [0.25, 0.3) is 0 Å². The van der Waals surface area contributed by atoms with Crippen LogP contribution in [0.3, 0.4) is 0 Å². The van der Waals surface area contributed by atoms with Crippen LogP contribution in [0.15, 0.2) is 24.3 Å². The van der Waals surface area contributed by atoms with Crippen LogP contribution in [0.25, 0.3) is 0 Å². The Morgan fingerprint density at radius 2 is 1.80 bits per heavy atom. The molecule has 0 saturated carbocycles. The minimum Gasteiger partial charge on any atom is -0.469 e. The smallest absolute Gasteiger partial charge is 0.305 e. The maximum atomic E-state index is 12.0. The van der Waals surface area contributed by atoms with Gasteiger partial charge in [-0.3, -0.25) is 9.59 Å². The number of amides is 1. The minimum absolute atomic E-state index is 0.00257. The number of piperazine rings is 1. The normalized spacial score (nSPS) is 15.8. The van der Waals surface area contributed by atoms with Crippen molar-refractivity contribution in [2.75, 3.05) is 51.7 Å². The summed E-state index contributed by atoms with van der Waals surface area (Å²) in [5.41, 5.74) is 0.730. The fourth-order valence-electron chi connectivity index (χ4n) is 2.83. The molecule has 0 unspecified atom stereocenters. The summed E-state index contributed by atoms with van der Waals surface area (Å²) in [6.07, 6.45) is 1.77. The summed E-state index contributed by atoms with van der Waals surface area (Å²) in [4.78, 5) is 27.8. The average molecular weight is 368 g/mol. The Morgan fingerprint density at radius 1 is 1.12 bits per heavy atom. The third-order valence-corrected chi connectivity index (χ3v) is 4.55. The lowest BCUT2D eigenvalue weighted by atomic mass is 10.2. The summed E-state index contributed by atoms with van der Waals surface area (Å²) in [6.45, 7) is 5.50. The van der Waals surface area contributed by atoms with E-state index in [0.29, 0.717) is 17.9 Å². The third-order valence-electron chi connectivity index (χ3n) is 4.31. The van der Waals surface area contributed by atoms with Crippen molar-refractivity contribution in [1.29, 1.82) is 0 Å². The van der Waals surface area contributed by atoms with Crippen LogP contribution in [0.1, 0.15) is 19.3 Å². The molecule has 2 rings (SSSR count). The molecule has 1 aromatic rings. The van der Waals surface area contributed by atoms with E-state index in [1.807, 2.05) is 12.1 Å². The van der Waals surface area contributed by atoms with E-state index in [4.69, 9.17) is 11.6 Å². The zero-order valence-corrected chi connectivity index (χ0v) is 15.4. The second-order valence-corrected chi connectivity index (χ2v) is 6.61. The average Bonchev–Trinajstić information content (AvgIpc) is 2.61. The summed E-state index contributed by atoms with van der Waals surface area (Å²) in [7, 11) is 1.42. The van der Waals surface area contributed by atoms with E-state index in [2.05, 4.69) is 19.9 Å². The molecule has 1 saturated heterocycles. The molecule has 1 amide bonds. The number of methoxy groups -OCH3 is 1. The summed E-state index contributed by atoms with van der Waals surface area (Å²) in [5, 5.41) is 3.48. The fourth-order valence-corrected chi connectivity index (χ4v) is 3.03. The van der Waals surface area contributed by atoms with Gasteiger partial charge in [0, 0.05) is 56.3 Å². The van der Waals surface area contributed by atoms with Gasteiger partial charge in [0.1, 0.15) is 0 Å². The number of carbonyl (C=O) groups excluding carboxylic acids is 2. The highest BCUT2D eigenvalue weighted by Gasteiger charge is 2.17. The Morgan fingerprint density at radius 3 is 2.44 bits per heavy atom. The number of hydrogen-bond donors (Lipinski definition) is 1. The highest BCUT2D eigenvalue weighted by atomic mass is 35.5. The molecule has 0 atom stereocenters. The zero-order valence-electron chi connectivity index (χ0n) is 14.7. The highest BCUT2D eigenvalue weighted by Crippen LogP contribution is 2.15. The molecule has 1 fully saturated rings. The summed E-state index contributed by atoms with van der Waals surface area (Å²) in [5.74, 6) is -0.146. The molecule has 1 aliphatic heterocycles. The molecule has 1 aromatic carbocycles. The molecule has 0 radical (unpaired) electrons. The quantitative estimate of drug-likeness (QED) is 0.714. The van der Waals surface area contributed by atoms with E-state index >= 15 is 0 Å². The first-order valence-corrected chi connectivity index (χ1v) is 9.01. The maximum Gasteiger partial charge on any atom is 0.305 e. The molecule has 138 valence electrons. The molecule has 7 heteroatoms. The second-order valence-electron chi connectivity index (χ2n) is 6.17. The number of halogens is 1. The minimum atomic E-state index is -0.149. The number of benzene rings is 1. The van der Waals surface area contributed by atoms with E-state index < -0.39 is 0 Å². The van der Waals surface area contributed by atoms with Crippen molar-refractivity contribution >= 4 is 29.2 Å². The zero-order chi connectivity index (χ0) is 18.1. The van der Waals surface area contributed by atoms with E-state index in [9.17, 15) is 9.59 Å². The van der Waals surface area contributed by atoms with E-state index in [1.165, 1.54) is 7.11 Å². The Kier molecular flexibility index (Phi) is 8.18. The summed E-state index contributed by atoms with van der Waals surface area (Å²) >= 11 is 5.91.